The standard InChI is InChI=1S/C9H13N5O/c1-15-5-2-7(10)9-13-12-8-6-11-3-4-14(8)9/h3-4,6-7H,2,5,10H2,1H3. The van der Waals surface area contributed by atoms with Crippen molar-refractivity contribution < 1.29 is 4.74 Å². The Bertz CT molecular complexity index is 441. The molecule has 0 aliphatic rings. The molecule has 6 nitrogen and oxygen atoms in total. The van der Waals surface area contributed by atoms with Gasteiger partial charge in [0.1, 0.15) is 0 Å². The van der Waals surface area contributed by atoms with Crippen LogP contribution in [0.2, 0.25) is 0 Å². The SMILES string of the molecule is COCCC(N)c1nnc2cnccn12. The molecule has 2 heterocycles. The van der Waals surface area contributed by atoms with Crippen molar-refractivity contribution in [1.82, 2.24) is 19.6 Å². The van der Waals surface area contributed by atoms with Gasteiger partial charge >= 0.3 is 0 Å². The van der Waals surface area contributed by atoms with Gasteiger partial charge in [-0.3, -0.25) is 9.38 Å². The third kappa shape index (κ3) is 1.95. The van der Waals surface area contributed by atoms with Gasteiger partial charge in [0, 0.05) is 26.1 Å². The van der Waals surface area contributed by atoms with Crippen LogP contribution >= 0.6 is 0 Å². The highest BCUT2D eigenvalue weighted by Gasteiger charge is 2.13. The topological polar surface area (TPSA) is 78.3 Å². The van der Waals surface area contributed by atoms with Gasteiger partial charge in [-0.15, -0.1) is 10.2 Å². The molecule has 6 heteroatoms. The Morgan fingerprint density at radius 2 is 2.40 bits per heavy atom. The molecule has 0 amide bonds. The van der Waals surface area contributed by atoms with E-state index in [1.807, 2.05) is 4.40 Å². The maximum atomic E-state index is 5.97. The minimum absolute atomic E-state index is 0.164. The Morgan fingerprint density at radius 1 is 1.53 bits per heavy atom. The molecule has 15 heavy (non-hydrogen) atoms. The molecule has 1 unspecified atom stereocenters. The average molecular weight is 207 g/mol. The molecule has 0 fully saturated rings. The van der Waals surface area contributed by atoms with E-state index in [1.54, 1.807) is 25.7 Å². The summed E-state index contributed by atoms with van der Waals surface area (Å²) in [5.41, 5.74) is 6.68. The molecule has 0 radical (unpaired) electrons. The van der Waals surface area contributed by atoms with E-state index >= 15 is 0 Å². The molecule has 0 bridgehead atoms. The molecule has 2 aromatic heterocycles. The number of fused-ring (bicyclic) bond motifs is 1. The van der Waals surface area contributed by atoms with Gasteiger partial charge in [0.15, 0.2) is 11.5 Å². The van der Waals surface area contributed by atoms with Crippen LogP contribution in [0.15, 0.2) is 18.6 Å². The van der Waals surface area contributed by atoms with Gasteiger partial charge in [-0.2, -0.15) is 0 Å². The largest absolute Gasteiger partial charge is 0.385 e. The molecule has 2 aromatic rings. The Hall–Kier alpha value is -1.53. The van der Waals surface area contributed by atoms with Crippen molar-refractivity contribution in [1.29, 1.82) is 0 Å². The lowest BCUT2D eigenvalue weighted by atomic mass is 10.2. The smallest absolute Gasteiger partial charge is 0.179 e. The summed E-state index contributed by atoms with van der Waals surface area (Å²) in [4.78, 5) is 3.96. The predicted octanol–water partition coefficient (Wildman–Crippen LogP) is 0.161. The molecule has 0 aliphatic heterocycles. The highest BCUT2D eigenvalue weighted by Crippen LogP contribution is 2.12. The molecular weight excluding hydrogens is 194 g/mol. The van der Waals surface area contributed by atoms with E-state index in [1.165, 1.54) is 0 Å². The fourth-order valence-corrected chi connectivity index (χ4v) is 1.40. The fraction of sp³-hybridized carbons (Fsp3) is 0.444. The summed E-state index contributed by atoms with van der Waals surface area (Å²) in [5.74, 6) is 0.740. The van der Waals surface area contributed by atoms with E-state index in [2.05, 4.69) is 15.2 Å². The lowest BCUT2D eigenvalue weighted by Crippen LogP contribution is -2.16. The molecule has 0 saturated carbocycles. The van der Waals surface area contributed by atoms with Crippen LogP contribution in [0.5, 0.6) is 0 Å². The minimum Gasteiger partial charge on any atom is -0.385 e. The Balaban J connectivity index is 2.27. The molecule has 2 N–H and O–H groups in total. The van der Waals surface area contributed by atoms with Crippen molar-refractivity contribution in [2.75, 3.05) is 13.7 Å². The second-order valence-corrected chi connectivity index (χ2v) is 3.25. The fourth-order valence-electron chi connectivity index (χ4n) is 1.40. The van der Waals surface area contributed by atoms with E-state index < -0.39 is 0 Å². The molecule has 0 aliphatic carbocycles. The second-order valence-electron chi connectivity index (χ2n) is 3.25. The average Bonchev–Trinajstić information content (AvgIpc) is 2.69. The van der Waals surface area contributed by atoms with E-state index in [0.717, 1.165) is 12.2 Å². The minimum atomic E-state index is -0.164. The van der Waals surface area contributed by atoms with E-state index in [0.29, 0.717) is 12.3 Å². The number of nitrogens with two attached hydrogens (primary N) is 1. The summed E-state index contributed by atoms with van der Waals surface area (Å²) in [5, 5.41) is 8.02. The van der Waals surface area contributed by atoms with Crippen molar-refractivity contribution in [3.63, 3.8) is 0 Å². The van der Waals surface area contributed by atoms with E-state index in [4.69, 9.17) is 10.5 Å². The molecule has 1 atom stereocenters. The zero-order chi connectivity index (χ0) is 10.7. The lowest BCUT2D eigenvalue weighted by molar-refractivity contribution is 0.187. The third-order valence-electron chi connectivity index (χ3n) is 2.20. The van der Waals surface area contributed by atoms with Crippen molar-refractivity contribution in [3.8, 4) is 0 Å². The van der Waals surface area contributed by atoms with Gasteiger partial charge < -0.3 is 10.5 Å². The van der Waals surface area contributed by atoms with Gasteiger partial charge in [0.2, 0.25) is 0 Å². The first-order valence-corrected chi connectivity index (χ1v) is 4.72. The summed E-state index contributed by atoms with van der Waals surface area (Å²) < 4.78 is 6.81. The summed E-state index contributed by atoms with van der Waals surface area (Å²) in [7, 11) is 1.65. The van der Waals surface area contributed by atoms with Crippen molar-refractivity contribution in [2.45, 2.75) is 12.5 Å². The van der Waals surface area contributed by atoms with Crippen LogP contribution in [0.4, 0.5) is 0 Å². The number of nitrogens with zero attached hydrogens (tertiary/aromatic N) is 4. The van der Waals surface area contributed by atoms with Crippen LogP contribution in [0.25, 0.3) is 5.65 Å². The zero-order valence-corrected chi connectivity index (χ0v) is 8.50. The van der Waals surface area contributed by atoms with Gasteiger partial charge in [0.05, 0.1) is 12.2 Å². The van der Waals surface area contributed by atoms with E-state index in [9.17, 15) is 0 Å². The highest BCUT2D eigenvalue weighted by molar-refractivity contribution is 5.34. The van der Waals surface area contributed by atoms with Crippen LogP contribution in [0, 0.1) is 0 Å². The maximum absolute atomic E-state index is 5.97. The monoisotopic (exact) mass is 207 g/mol. The normalized spacial score (nSPS) is 13.2. The van der Waals surface area contributed by atoms with E-state index in [-0.39, 0.29) is 6.04 Å². The zero-order valence-electron chi connectivity index (χ0n) is 8.50. The van der Waals surface area contributed by atoms with Crippen molar-refractivity contribution >= 4 is 5.65 Å². The number of aromatic nitrogens is 4. The summed E-state index contributed by atoms with van der Waals surface area (Å²) in [6, 6.07) is -0.164. The molecule has 2 rings (SSSR count). The van der Waals surface area contributed by atoms with Gasteiger partial charge in [-0.25, -0.2) is 0 Å². The summed E-state index contributed by atoms with van der Waals surface area (Å²) >= 11 is 0. The first kappa shape index (κ1) is 10.0. The predicted molar refractivity (Wildman–Crippen MR) is 54.2 cm³/mol. The van der Waals surface area contributed by atoms with Gasteiger partial charge in [0.25, 0.3) is 0 Å². The van der Waals surface area contributed by atoms with Crippen LogP contribution in [0.3, 0.4) is 0 Å². The van der Waals surface area contributed by atoms with Gasteiger partial charge in [-0.05, 0) is 6.42 Å². The Kier molecular flexibility index (Phi) is 2.89. The Labute approximate surface area is 87.1 Å². The number of methoxy groups -OCH3 is 1. The quantitative estimate of drug-likeness (QED) is 0.772. The first-order chi connectivity index (χ1) is 7.33. The second kappa shape index (κ2) is 4.33. The van der Waals surface area contributed by atoms with Crippen molar-refractivity contribution in [2.24, 2.45) is 5.73 Å². The number of ether oxygens (including phenoxy) is 1. The number of rotatable bonds is 4. The molecular formula is C9H13N5O. The highest BCUT2D eigenvalue weighted by atomic mass is 16.5. The van der Waals surface area contributed by atoms with Crippen LogP contribution in [-0.2, 0) is 4.74 Å². The number of hydrogen-bond acceptors (Lipinski definition) is 5. The summed E-state index contributed by atoms with van der Waals surface area (Å²) in [6.07, 6.45) is 5.86. The number of hydrogen-bond donors (Lipinski definition) is 1. The first-order valence-electron chi connectivity index (χ1n) is 4.72. The lowest BCUT2D eigenvalue weighted by Gasteiger charge is -2.08. The third-order valence-corrected chi connectivity index (χ3v) is 2.20. The maximum Gasteiger partial charge on any atom is 0.179 e. The van der Waals surface area contributed by atoms with Crippen LogP contribution in [0.1, 0.15) is 18.3 Å². The van der Waals surface area contributed by atoms with Crippen molar-refractivity contribution in [3.05, 3.63) is 24.4 Å². The van der Waals surface area contributed by atoms with Crippen LogP contribution < -0.4 is 5.73 Å². The van der Waals surface area contributed by atoms with Crippen LogP contribution in [-0.4, -0.2) is 33.3 Å². The molecule has 0 spiro atoms. The molecule has 80 valence electrons. The van der Waals surface area contributed by atoms with Gasteiger partial charge in [-0.1, -0.05) is 0 Å². The summed E-state index contributed by atoms with van der Waals surface area (Å²) in [6.45, 7) is 0.612. The molecule has 0 saturated heterocycles. The Morgan fingerprint density at radius 3 is 3.20 bits per heavy atom. The molecule has 0 aromatic carbocycles.